The van der Waals surface area contributed by atoms with Crippen molar-refractivity contribution in [3.05, 3.63) is 16.1 Å². The smallest absolute Gasteiger partial charge is 0.274 e. The molecule has 6 nitrogen and oxygen atoms in total. The lowest BCUT2D eigenvalue weighted by molar-refractivity contribution is -0.135. The molecule has 1 atom stereocenters. The number of likely N-dealkylation sites (tertiary alicyclic amines) is 1. The number of aromatic nitrogens is 1. The van der Waals surface area contributed by atoms with Gasteiger partial charge in [0.1, 0.15) is 11.7 Å². The fourth-order valence-electron chi connectivity index (χ4n) is 2.97. The van der Waals surface area contributed by atoms with Crippen LogP contribution >= 0.6 is 11.3 Å². The molecule has 3 heterocycles. The molecule has 21 heavy (non-hydrogen) atoms. The number of piperazine rings is 1. The number of hydrogen-bond donors (Lipinski definition) is 1. The number of thiazole rings is 1. The first-order chi connectivity index (χ1) is 10.2. The van der Waals surface area contributed by atoms with E-state index in [4.69, 9.17) is 0 Å². The van der Waals surface area contributed by atoms with Gasteiger partial charge in [0.25, 0.3) is 5.91 Å². The summed E-state index contributed by atoms with van der Waals surface area (Å²) >= 11 is 1.47. The summed E-state index contributed by atoms with van der Waals surface area (Å²) in [5.41, 5.74) is 0.470. The molecule has 7 heteroatoms. The molecule has 2 aliphatic rings. The van der Waals surface area contributed by atoms with Crippen molar-refractivity contribution in [2.24, 2.45) is 0 Å². The molecule has 0 aromatic carbocycles. The van der Waals surface area contributed by atoms with E-state index in [1.807, 2.05) is 11.8 Å². The first kappa shape index (κ1) is 14.5. The van der Waals surface area contributed by atoms with Gasteiger partial charge in [-0.1, -0.05) is 0 Å². The normalized spacial score (nSPS) is 22.6. The molecule has 2 aliphatic heterocycles. The summed E-state index contributed by atoms with van der Waals surface area (Å²) in [5.74, 6) is -0.0142. The molecule has 2 saturated heterocycles. The molecule has 0 saturated carbocycles. The number of aryl methyl sites for hydroxylation is 1. The lowest BCUT2D eigenvalue weighted by Crippen LogP contribution is -2.53. The zero-order valence-corrected chi connectivity index (χ0v) is 13.0. The Morgan fingerprint density at radius 1 is 1.33 bits per heavy atom. The standard InChI is InChI=1S/C14H20N4O2S/c1-10-16-11(9-21-10)13(19)18-6-2-3-12(18)14(20)17-7-4-15-5-8-17/h9,12,15H,2-8H2,1H3. The second-order valence-corrected chi connectivity index (χ2v) is 6.55. The molecule has 0 bridgehead atoms. The number of hydrogen-bond acceptors (Lipinski definition) is 5. The highest BCUT2D eigenvalue weighted by atomic mass is 32.1. The molecule has 0 radical (unpaired) electrons. The van der Waals surface area contributed by atoms with Gasteiger partial charge >= 0.3 is 0 Å². The Morgan fingerprint density at radius 3 is 2.76 bits per heavy atom. The molecule has 1 aromatic rings. The van der Waals surface area contributed by atoms with Gasteiger partial charge in [0.15, 0.2) is 0 Å². The molecule has 1 unspecified atom stereocenters. The first-order valence-electron chi connectivity index (χ1n) is 7.39. The van der Waals surface area contributed by atoms with Crippen LogP contribution in [0.3, 0.4) is 0 Å². The molecular weight excluding hydrogens is 288 g/mol. The van der Waals surface area contributed by atoms with Crippen molar-refractivity contribution >= 4 is 23.2 Å². The molecule has 3 rings (SSSR count). The van der Waals surface area contributed by atoms with Crippen LogP contribution in [0.1, 0.15) is 28.3 Å². The highest BCUT2D eigenvalue weighted by molar-refractivity contribution is 7.09. The van der Waals surface area contributed by atoms with E-state index in [0.29, 0.717) is 12.2 Å². The van der Waals surface area contributed by atoms with E-state index >= 15 is 0 Å². The average Bonchev–Trinajstić information content (AvgIpc) is 3.15. The molecule has 2 amide bonds. The number of carbonyl (C=O) groups is 2. The Hall–Kier alpha value is -1.47. The van der Waals surface area contributed by atoms with E-state index in [0.717, 1.165) is 44.0 Å². The van der Waals surface area contributed by atoms with Crippen molar-refractivity contribution in [2.45, 2.75) is 25.8 Å². The lowest BCUT2D eigenvalue weighted by atomic mass is 10.1. The van der Waals surface area contributed by atoms with Crippen LogP contribution in [0.5, 0.6) is 0 Å². The summed E-state index contributed by atoms with van der Waals surface area (Å²) in [6.07, 6.45) is 1.65. The topological polar surface area (TPSA) is 65.5 Å². The van der Waals surface area contributed by atoms with Crippen molar-refractivity contribution in [1.29, 1.82) is 0 Å². The minimum atomic E-state index is -0.308. The minimum absolute atomic E-state index is 0.0919. The number of amides is 2. The molecule has 0 aliphatic carbocycles. The van der Waals surface area contributed by atoms with E-state index in [1.165, 1.54) is 11.3 Å². The molecule has 1 N–H and O–H groups in total. The average molecular weight is 308 g/mol. The Kier molecular flexibility index (Phi) is 4.21. The highest BCUT2D eigenvalue weighted by Crippen LogP contribution is 2.22. The Bertz CT molecular complexity index is 539. The van der Waals surface area contributed by atoms with Crippen LogP contribution in [0.25, 0.3) is 0 Å². The van der Waals surface area contributed by atoms with Gasteiger partial charge in [-0.05, 0) is 19.8 Å². The summed E-state index contributed by atoms with van der Waals surface area (Å²) in [6, 6.07) is -0.308. The fraction of sp³-hybridized carbons (Fsp3) is 0.643. The third-order valence-corrected chi connectivity index (χ3v) is 4.84. The van der Waals surface area contributed by atoms with Crippen molar-refractivity contribution < 1.29 is 9.59 Å². The molecule has 0 spiro atoms. The largest absolute Gasteiger partial charge is 0.338 e. The zero-order chi connectivity index (χ0) is 14.8. The third-order valence-electron chi connectivity index (χ3n) is 4.07. The quantitative estimate of drug-likeness (QED) is 0.863. The summed E-state index contributed by atoms with van der Waals surface area (Å²) in [5, 5.41) is 5.90. The number of carbonyl (C=O) groups excluding carboxylic acids is 2. The second kappa shape index (κ2) is 6.11. The molecule has 2 fully saturated rings. The second-order valence-electron chi connectivity index (χ2n) is 5.48. The van der Waals surface area contributed by atoms with Gasteiger partial charge in [-0.15, -0.1) is 11.3 Å². The van der Waals surface area contributed by atoms with Crippen LogP contribution in [0.4, 0.5) is 0 Å². The number of rotatable bonds is 2. The van der Waals surface area contributed by atoms with Crippen LogP contribution in [0.2, 0.25) is 0 Å². The van der Waals surface area contributed by atoms with Gasteiger partial charge in [-0.25, -0.2) is 4.98 Å². The summed E-state index contributed by atoms with van der Waals surface area (Å²) in [6.45, 7) is 5.66. The van der Waals surface area contributed by atoms with Gasteiger partial charge < -0.3 is 15.1 Å². The number of nitrogens with zero attached hydrogens (tertiary/aromatic N) is 3. The first-order valence-corrected chi connectivity index (χ1v) is 8.27. The predicted octanol–water partition coefficient (Wildman–Crippen LogP) is 0.488. The Morgan fingerprint density at radius 2 is 2.10 bits per heavy atom. The summed E-state index contributed by atoms with van der Waals surface area (Å²) in [4.78, 5) is 33.0. The SMILES string of the molecule is Cc1nc(C(=O)N2CCCC2C(=O)N2CCNCC2)cs1. The van der Waals surface area contributed by atoms with Gasteiger partial charge in [0, 0.05) is 38.1 Å². The van der Waals surface area contributed by atoms with E-state index in [9.17, 15) is 9.59 Å². The van der Waals surface area contributed by atoms with Crippen LogP contribution in [0.15, 0.2) is 5.38 Å². The number of nitrogens with one attached hydrogen (secondary N) is 1. The zero-order valence-electron chi connectivity index (χ0n) is 12.2. The Balaban J connectivity index is 1.72. The predicted molar refractivity (Wildman–Crippen MR) is 80.4 cm³/mol. The van der Waals surface area contributed by atoms with Crippen LogP contribution in [-0.2, 0) is 4.79 Å². The maximum Gasteiger partial charge on any atom is 0.274 e. The monoisotopic (exact) mass is 308 g/mol. The van der Waals surface area contributed by atoms with Crippen LogP contribution in [0, 0.1) is 6.92 Å². The summed E-state index contributed by atoms with van der Waals surface area (Å²) < 4.78 is 0. The van der Waals surface area contributed by atoms with Gasteiger partial charge in [0.05, 0.1) is 5.01 Å². The van der Waals surface area contributed by atoms with Gasteiger partial charge in [-0.2, -0.15) is 0 Å². The van der Waals surface area contributed by atoms with E-state index < -0.39 is 0 Å². The van der Waals surface area contributed by atoms with Crippen molar-refractivity contribution in [3.8, 4) is 0 Å². The molecular formula is C14H20N4O2S. The molecule has 114 valence electrons. The maximum atomic E-state index is 12.6. The Labute approximate surface area is 128 Å². The van der Waals surface area contributed by atoms with E-state index in [2.05, 4.69) is 10.3 Å². The van der Waals surface area contributed by atoms with Crippen molar-refractivity contribution in [2.75, 3.05) is 32.7 Å². The fourth-order valence-corrected chi connectivity index (χ4v) is 3.56. The lowest BCUT2D eigenvalue weighted by Gasteiger charge is -2.32. The highest BCUT2D eigenvalue weighted by Gasteiger charge is 2.37. The molecule has 1 aromatic heterocycles. The van der Waals surface area contributed by atoms with Gasteiger partial charge in [-0.3, -0.25) is 9.59 Å². The maximum absolute atomic E-state index is 12.6. The van der Waals surface area contributed by atoms with Gasteiger partial charge in [0.2, 0.25) is 5.91 Å². The minimum Gasteiger partial charge on any atom is -0.338 e. The third kappa shape index (κ3) is 2.94. The van der Waals surface area contributed by atoms with E-state index in [-0.39, 0.29) is 17.9 Å². The van der Waals surface area contributed by atoms with Crippen LogP contribution < -0.4 is 5.32 Å². The summed E-state index contributed by atoms with van der Waals surface area (Å²) in [7, 11) is 0. The van der Waals surface area contributed by atoms with Crippen LogP contribution in [-0.4, -0.2) is 65.4 Å². The van der Waals surface area contributed by atoms with Crippen molar-refractivity contribution in [3.63, 3.8) is 0 Å². The van der Waals surface area contributed by atoms with E-state index in [1.54, 1.807) is 10.3 Å². The van der Waals surface area contributed by atoms with Crippen molar-refractivity contribution in [1.82, 2.24) is 20.1 Å².